The zero-order valence-electron chi connectivity index (χ0n) is 16.5. The third kappa shape index (κ3) is 5.15. The Bertz CT molecular complexity index is 1140. The van der Waals surface area contributed by atoms with Crippen LogP contribution >= 0.6 is 0 Å². The van der Waals surface area contributed by atoms with Gasteiger partial charge in [-0.25, -0.2) is 12.8 Å². The highest BCUT2D eigenvalue weighted by Crippen LogP contribution is 2.23. The number of anilines is 2. The number of hydrogen-bond donors (Lipinski definition) is 2. The average molecular weight is 428 g/mol. The van der Waals surface area contributed by atoms with E-state index in [4.69, 9.17) is 4.74 Å². The summed E-state index contributed by atoms with van der Waals surface area (Å²) in [4.78, 5) is 12.5. The molecule has 156 valence electrons. The number of carbonyl (C=O) groups is 1. The van der Waals surface area contributed by atoms with Crippen molar-refractivity contribution < 1.29 is 22.3 Å². The maximum absolute atomic E-state index is 13.0. The predicted molar refractivity (Wildman–Crippen MR) is 114 cm³/mol. The minimum absolute atomic E-state index is 0.0110. The number of hydrogen-bond acceptors (Lipinski definition) is 4. The maximum atomic E-state index is 13.0. The van der Waals surface area contributed by atoms with Gasteiger partial charge in [-0.2, -0.15) is 0 Å². The van der Waals surface area contributed by atoms with Gasteiger partial charge in [0.25, 0.3) is 15.9 Å². The molecule has 0 aliphatic rings. The van der Waals surface area contributed by atoms with Gasteiger partial charge in [0.15, 0.2) is 0 Å². The quantitative estimate of drug-likeness (QED) is 0.577. The largest absolute Gasteiger partial charge is 0.494 e. The number of ether oxygens (including phenoxy) is 1. The number of nitrogens with one attached hydrogen (secondary N) is 2. The van der Waals surface area contributed by atoms with Gasteiger partial charge in [-0.05, 0) is 80.1 Å². The van der Waals surface area contributed by atoms with Crippen LogP contribution < -0.4 is 14.8 Å². The molecule has 0 atom stereocenters. The van der Waals surface area contributed by atoms with Crippen LogP contribution in [0.5, 0.6) is 5.75 Å². The van der Waals surface area contributed by atoms with E-state index in [1.807, 2.05) is 6.92 Å². The number of aryl methyl sites for hydroxylation is 1. The minimum Gasteiger partial charge on any atom is -0.494 e. The van der Waals surface area contributed by atoms with Crippen molar-refractivity contribution in [1.29, 1.82) is 0 Å². The van der Waals surface area contributed by atoms with Crippen LogP contribution in [-0.2, 0) is 10.0 Å². The summed E-state index contributed by atoms with van der Waals surface area (Å²) in [6, 6.07) is 16.2. The van der Waals surface area contributed by atoms with Crippen LogP contribution in [-0.4, -0.2) is 20.9 Å². The normalized spacial score (nSPS) is 11.0. The van der Waals surface area contributed by atoms with Crippen molar-refractivity contribution in [3.05, 3.63) is 83.7 Å². The molecule has 0 radical (unpaired) electrons. The molecule has 2 N–H and O–H groups in total. The zero-order valence-corrected chi connectivity index (χ0v) is 17.3. The summed E-state index contributed by atoms with van der Waals surface area (Å²) < 4.78 is 46.7. The molecule has 3 rings (SSSR count). The van der Waals surface area contributed by atoms with E-state index in [9.17, 15) is 17.6 Å². The molecule has 0 fully saturated rings. The molecular weight excluding hydrogens is 407 g/mol. The molecule has 6 nitrogen and oxygen atoms in total. The molecule has 3 aromatic carbocycles. The van der Waals surface area contributed by atoms with Gasteiger partial charge in [-0.15, -0.1) is 0 Å². The van der Waals surface area contributed by atoms with Crippen LogP contribution in [0.1, 0.15) is 22.8 Å². The van der Waals surface area contributed by atoms with Gasteiger partial charge in [-0.1, -0.05) is 6.07 Å². The second-order valence-corrected chi connectivity index (χ2v) is 8.16. The van der Waals surface area contributed by atoms with Gasteiger partial charge in [0.2, 0.25) is 0 Å². The van der Waals surface area contributed by atoms with Gasteiger partial charge < -0.3 is 10.1 Å². The van der Waals surface area contributed by atoms with Gasteiger partial charge in [0.1, 0.15) is 11.6 Å². The van der Waals surface area contributed by atoms with Gasteiger partial charge >= 0.3 is 0 Å². The molecule has 0 heterocycles. The molecule has 0 bridgehead atoms. The van der Waals surface area contributed by atoms with E-state index in [0.717, 1.165) is 0 Å². The molecule has 1 amide bonds. The highest BCUT2D eigenvalue weighted by Gasteiger charge is 2.19. The SMILES string of the molecule is CCOc1ccc(NS(=O)(=O)c2cc(C(=O)Nc3ccc(F)cc3)ccc2C)cc1. The lowest BCUT2D eigenvalue weighted by atomic mass is 10.1. The fourth-order valence-electron chi connectivity index (χ4n) is 2.76. The lowest BCUT2D eigenvalue weighted by Crippen LogP contribution is -2.17. The number of halogens is 1. The molecule has 30 heavy (non-hydrogen) atoms. The molecule has 0 saturated carbocycles. The van der Waals surface area contributed by atoms with Crippen LogP contribution in [0.25, 0.3) is 0 Å². The third-order valence-corrected chi connectivity index (χ3v) is 5.78. The van der Waals surface area contributed by atoms with Crippen molar-refractivity contribution in [1.82, 2.24) is 0 Å². The van der Waals surface area contributed by atoms with Crippen LogP contribution in [0, 0.1) is 12.7 Å². The van der Waals surface area contributed by atoms with Gasteiger partial charge in [0, 0.05) is 16.9 Å². The van der Waals surface area contributed by atoms with Crippen LogP contribution in [0.2, 0.25) is 0 Å². The number of sulfonamides is 1. The summed E-state index contributed by atoms with van der Waals surface area (Å²) in [6.45, 7) is 4.02. The predicted octanol–water partition coefficient (Wildman–Crippen LogP) is 4.59. The van der Waals surface area contributed by atoms with E-state index < -0.39 is 21.7 Å². The topological polar surface area (TPSA) is 84.5 Å². The first kappa shape index (κ1) is 21.3. The lowest BCUT2D eigenvalue weighted by Gasteiger charge is -2.13. The molecule has 0 saturated heterocycles. The van der Waals surface area contributed by atoms with Gasteiger partial charge in [0.05, 0.1) is 11.5 Å². The van der Waals surface area contributed by atoms with E-state index in [1.54, 1.807) is 37.3 Å². The van der Waals surface area contributed by atoms with Crippen LogP contribution in [0.4, 0.5) is 15.8 Å². The number of rotatable bonds is 7. The monoisotopic (exact) mass is 428 g/mol. The number of amides is 1. The fourth-order valence-corrected chi connectivity index (χ4v) is 4.09. The highest BCUT2D eigenvalue weighted by molar-refractivity contribution is 7.92. The van der Waals surface area contributed by atoms with E-state index >= 15 is 0 Å². The first-order valence-electron chi connectivity index (χ1n) is 9.22. The Morgan fingerprint density at radius 1 is 0.967 bits per heavy atom. The fraction of sp³-hybridized carbons (Fsp3) is 0.136. The van der Waals surface area contributed by atoms with Crippen molar-refractivity contribution in [3.63, 3.8) is 0 Å². The van der Waals surface area contributed by atoms with Crippen molar-refractivity contribution in [2.24, 2.45) is 0 Å². The summed E-state index contributed by atoms with van der Waals surface area (Å²) in [5.41, 5.74) is 1.43. The first-order valence-corrected chi connectivity index (χ1v) is 10.7. The highest BCUT2D eigenvalue weighted by atomic mass is 32.2. The van der Waals surface area contributed by atoms with Crippen molar-refractivity contribution in [3.8, 4) is 5.75 Å². The van der Waals surface area contributed by atoms with E-state index in [0.29, 0.717) is 29.3 Å². The molecule has 0 aliphatic heterocycles. The summed E-state index contributed by atoms with van der Waals surface area (Å²) in [5, 5.41) is 2.62. The molecule has 0 unspecified atom stereocenters. The molecular formula is C22H21FN2O4S. The minimum atomic E-state index is -3.92. The molecule has 0 spiro atoms. The molecule has 3 aromatic rings. The van der Waals surface area contributed by atoms with Gasteiger partial charge in [-0.3, -0.25) is 9.52 Å². The smallest absolute Gasteiger partial charge is 0.262 e. The summed E-state index contributed by atoms with van der Waals surface area (Å²) >= 11 is 0. The number of benzene rings is 3. The standard InChI is InChI=1S/C22H21FN2O4S/c1-3-29-20-12-10-19(11-13-20)25-30(27,28)21-14-16(5-4-15(21)2)22(26)24-18-8-6-17(23)7-9-18/h4-14,25H,3H2,1-2H3,(H,24,26). The second kappa shape index (κ2) is 8.96. The first-order chi connectivity index (χ1) is 14.3. The second-order valence-electron chi connectivity index (χ2n) is 6.50. The van der Waals surface area contributed by atoms with Crippen molar-refractivity contribution >= 4 is 27.3 Å². The molecule has 0 aliphatic carbocycles. The van der Waals surface area contributed by atoms with Crippen molar-refractivity contribution in [2.75, 3.05) is 16.6 Å². The molecule has 8 heteroatoms. The van der Waals surface area contributed by atoms with Crippen molar-refractivity contribution in [2.45, 2.75) is 18.7 Å². The van der Waals surface area contributed by atoms with E-state index in [-0.39, 0.29) is 10.5 Å². The Morgan fingerprint density at radius 2 is 1.60 bits per heavy atom. The Kier molecular flexibility index (Phi) is 6.37. The van der Waals surface area contributed by atoms with Crippen LogP contribution in [0.3, 0.4) is 0 Å². The summed E-state index contributed by atoms with van der Waals surface area (Å²) in [5.74, 6) is -0.285. The lowest BCUT2D eigenvalue weighted by molar-refractivity contribution is 0.102. The Balaban J connectivity index is 1.82. The van der Waals surface area contributed by atoms with E-state index in [2.05, 4.69) is 10.0 Å². The zero-order chi connectivity index (χ0) is 21.7. The maximum Gasteiger partial charge on any atom is 0.262 e. The Morgan fingerprint density at radius 3 is 2.23 bits per heavy atom. The molecule has 0 aromatic heterocycles. The van der Waals surface area contributed by atoms with E-state index in [1.165, 1.54) is 36.4 Å². The average Bonchev–Trinajstić information content (AvgIpc) is 2.71. The summed E-state index contributed by atoms with van der Waals surface area (Å²) in [6.07, 6.45) is 0. The Hall–Kier alpha value is -3.39. The summed E-state index contributed by atoms with van der Waals surface area (Å²) in [7, 11) is -3.92. The Labute approximate surface area is 174 Å². The number of carbonyl (C=O) groups excluding carboxylic acids is 1. The van der Waals surface area contributed by atoms with Crippen LogP contribution in [0.15, 0.2) is 71.6 Å². The third-order valence-electron chi connectivity index (χ3n) is 4.26.